The van der Waals surface area contributed by atoms with Crippen molar-refractivity contribution in [3.05, 3.63) is 11.8 Å². The van der Waals surface area contributed by atoms with Crippen molar-refractivity contribution in [3.63, 3.8) is 0 Å². The summed E-state index contributed by atoms with van der Waals surface area (Å²) >= 11 is 0. The lowest BCUT2D eigenvalue weighted by Gasteiger charge is -2.32. The number of anilines is 2. The fourth-order valence-corrected chi connectivity index (χ4v) is 2.48. The van der Waals surface area contributed by atoms with E-state index in [-0.39, 0.29) is 17.8 Å². The van der Waals surface area contributed by atoms with Gasteiger partial charge in [0.1, 0.15) is 5.82 Å². The van der Waals surface area contributed by atoms with Crippen LogP contribution in [0.25, 0.3) is 0 Å². The maximum absolute atomic E-state index is 13.1. The minimum atomic E-state index is -4.50. The Morgan fingerprint density at radius 1 is 1.20 bits per heavy atom. The van der Waals surface area contributed by atoms with E-state index in [2.05, 4.69) is 37.4 Å². The first-order valence-electron chi connectivity index (χ1n) is 8.65. The molecule has 0 amide bonds. The van der Waals surface area contributed by atoms with Crippen molar-refractivity contribution in [1.82, 2.24) is 19.8 Å². The van der Waals surface area contributed by atoms with Gasteiger partial charge in [0.25, 0.3) is 0 Å². The maximum atomic E-state index is 13.1. The van der Waals surface area contributed by atoms with Crippen molar-refractivity contribution in [2.24, 2.45) is 0 Å². The van der Waals surface area contributed by atoms with Gasteiger partial charge in [0.2, 0.25) is 5.95 Å². The van der Waals surface area contributed by atoms with Crippen LogP contribution in [0.1, 0.15) is 26.0 Å². The van der Waals surface area contributed by atoms with Gasteiger partial charge < -0.3 is 15.5 Å². The molecular formula is C16H27F3N6. The Hall–Kier alpha value is -1.61. The lowest BCUT2D eigenvalue weighted by molar-refractivity contribution is -0.141. The summed E-state index contributed by atoms with van der Waals surface area (Å²) in [6.45, 7) is 9.09. The Morgan fingerprint density at radius 3 is 2.48 bits per heavy atom. The predicted octanol–water partition coefficient (Wildman–Crippen LogP) is 2.37. The number of nitrogens with zero attached hydrogens (tertiary/aromatic N) is 4. The highest BCUT2D eigenvalue weighted by atomic mass is 19.4. The zero-order valence-corrected chi connectivity index (χ0v) is 15.0. The smallest absolute Gasteiger partial charge is 0.369 e. The van der Waals surface area contributed by atoms with Crippen LogP contribution in [0.4, 0.5) is 24.9 Å². The fourth-order valence-electron chi connectivity index (χ4n) is 2.48. The van der Waals surface area contributed by atoms with E-state index in [1.807, 2.05) is 13.8 Å². The van der Waals surface area contributed by atoms with Gasteiger partial charge in [-0.1, -0.05) is 6.92 Å². The number of alkyl halides is 3. The molecule has 1 fully saturated rings. The molecule has 1 aliphatic rings. The van der Waals surface area contributed by atoms with Crippen molar-refractivity contribution in [1.29, 1.82) is 0 Å². The molecule has 0 unspecified atom stereocenters. The van der Waals surface area contributed by atoms with E-state index in [1.165, 1.54) is 0 Å². The molecule has 9 heteroatoms. The highest BCUT2D eigenvalue weighted by Gasteiger charge is 2.33. The van der Waals surface area contributed by atoms with E-state index in [1.54, 1.807) is 0 Å². The standard InChI is InChI=1S/C16H27F3N6/c1-4-12(2)21-15-22-13(16(17,18)19)11-14(23-15)20-5-6-25-9-7-24(3)8-10-25/h11-12H,4-10H2,1-3H3,(H2,20,21,22,23)/t12-/m1/s1. The first-order valence-corrected chi connectivity index (χ1v) is 8.65. The second-order valence-electron chi connectivity index (χ2n) is 6.49. The monoisotopic (exact) mass is 360 g/mol. The van der Waals surface area contributed by atoms with Gasteiger partial charge in [-0.15, -0.1) is 0 Å². The van der Waals surface area contributed by atoms with E-state index in [0.29, 0.717) is 6.54 Å². The summed E-state index contributed by atoms with van der Waals surface area (Å²) in [7, 11) is 2.08. The number of aromatic nitrogens is 2. The number of likely N-dealkylation sites (N-methyl/N-ethyl adjacent to an activating group) is 1. The average Bonchev–Trinajstić information content (AvgIpc) is 2.55. The molecule has 1 aliphatic heterocycles. The van der Waals surface area contributed by atoms with E-state index >= 15 is 0 Å². The third-order valence-corrected chi connectivity index (χ3v) is 4.33. The van der Waals surface area contributed by atoms with Crippen LogP contribution < -0.4 is 10.6 Å². The van der Waals surface area contributed by atoms with Gasteiger partial charge in [-0.25, -0.2) is 4.98 Å². The van der Waals surface area contributed by atoms with Crippen molar-refractivity contribution in [2.75, 3.05) is 56.9 Å². The number of nitrogens with one attached hydrogen (secondary N) is 2. The first-order chi connectivity index (χ1) is 11.8. The van der Waals surface area contributed by atoms with Gasteiger partial charge in [0.05, 0.1) is 0 Å². The number of hydrogen-bond acceptors (Lipinski definition) is 6. The third-order valence-electron chi connectivity index (χ3n) is 4.33. The molecule has 1 saturated heterocycles. The molecule has 1 aromatic rings. The Balaban J connectivity index is 1.99. The molecule has 0 aromatic carbocycles. The predicted molar refractivity (Wildman–Crippen MR) is 92.8 cm³/mol. The molecule has 0 aliphatic carbocycles. The number of rotatable bonds is 7. The van der Waals surface area contributed by atoms with Gasteiger partial charge in [0, 0.05) is 51.4 Å². The number of hydrogen-bond donors (Lipinski definition) is 2. The van der Waals surface area contributed by atoms with Gasteiger partial charge in [0.15, 0.2) is 5.69 Å². The Labute approximate surface area is 146 Å². The van der Waals surface area contributed by atoms with Crippen molar-refractivity contribution >= 4 is 11.8 Å². The van der Waals surface area contributed by atoms with Gasteiger partial charge >= 0.3 is 6.18 Å². The highest BCUT2D eigenvalue weighted by molar-refractivity contribution is 5.43. The van der Waals surface area contributed by atoms with E-state index < -0.39 is 11.9 Å². The Bertz CT molecular complexity index is 543. The van der Waals surface area contributed by atoms with Crippen molar-refractivity contribution < 1.29 is 13.2 Å². The topological polar surface area (TPSA) is 56.3 Å². The minimum Gasteiger partial charge on any atom is -0.369 e. The highest BCUT2D eigenvalue weighted by Crippen LogP contribution is 2.29. The molecule has 142 valence electrons. The van der Waals surface area contributed by atoms with E-state index in [4.69, 9.17) is 0 Å². The van der Waals surface area contributed by atoms with Crippen LogP contribution in [0.3, 0.4) is 0 Å². The number of piperazine rings is 1. The molecule has 2 rings (SSSR count). The summed E-state index contributed by atoms with van der Waals surface area (Å²) in [5.74, 6) is 0.202. The number of halogens is 3. The summed E-state index contributed by atoms with van der Waals surface area (Å²) < 4.78 is 39.2. The summed E-state index contributed by atoms with van der Waals surface area (Å²) in [5.41, 5.74) is -0.935. The van der Waals surface area contributed by atoms with Crippen LogP contribution in [0.5, 0.6) is 0 Å². The van der Waals surface area contributed by atoms with Gasteiger partial charge in [-0.2, -0.15) is 18.2 Å². The zero-order valence-electron chi connectivity index (χ0n) is 15.0. The normalized spacial score (nSPS) is 18.2. The molecule has 2 heterocycles. The summed E-state index contributed by atoms with van der Waals surface area (Å²) in [5, 5.41) is 5.91. The van der Waals surface area contributed by atoms with Crippen LogP contribution in [0, 0.1) is 0 Å². The lowest BCUT2D eigenvalue weighted by Crippen LogP contribution is -2.45. The van der Waals surface area contributed by atoms with Crippen LogP contribution in [0.15, 0.2) is 6.07 Å². The molecule has 0 spiro atoms. The molecule has 25 heavy (non-hydrogen) atoms. The fraction of sp³-hybridized carbons (Fsp3) is 0.750. The quantitative estimate of drug-likeness (QED) is 0.779. The average molecular weight is 360 g/mol. The van der Waals surface area contributed by atoms with Crippen LogP contribution >= 0.6 is 0 Å². The molecule has 2 N–H and O–H groups in total. The molecule has 1 atom stereocenters. The first kappa shape index (κ1) is 19.7. The van der Waals surface area contributed by atoms with Gasteiger partial charge in [-0.05, 0) is 20.4 Å². The Kier molecular flexibility index (Phi) is 6.83. The summed E-state index contributed by atoms with van der Waals surface area (Å²) in [6, 6.07) is 0.966. The molecular weight excluding hydrogens is 333 g/mol. The van der Waals surface area contributed by atoms with E-state index in [0.717, 1.165) is 45.2 Å². The lowest BCUT2D eigenvalue weighted by atomic mass is 10.3. The minimum absolute atomic E-state index is 0.00155. The van der Waals surface area contributed by atoms with Crippen LogP contribution in [-0.2, 0) is 6.18 Å². The summed E-state index contributed by atoms with van der Waals surface area (Å²) in [6.07, 6.45) is -3.73. The molecule has 0 saturated carbocycles. The molecule has 0 radical (unpaired) electrons. The van der Waals surface area contributed by atoms with Crippen LogP contribution in [-0.4, -0.2) is 72.1 Å². The largest absolute Gasteiger partial charge is 0.433 e. The summed E-state index contributed by atoms with van der Waals surface area (Å²) in [4.78, 5) is 12.3. The van der Waals surface area contributed by atoms with Crippen molar-refractivity contribution in [3.8, 4) is 0 Å². The van der Waals surface area contributed by atoms with Gasteiger partial charge in [-0.3, -0.25) is 4.90 Å². The molecule has 0 bridgehead atoms. The van der Waals surface area contributed by atoms with Crippen molar-refractivity contribution in [2.45, 2.75) is 32.5 Å². The zero-order chi connectivity index (χ0) is 18.4. The third kappa shape index (κ3) is 6.32. The maximum Gasteiger partial charge on any atom is 0.433 e. The Morgan fingerprint density at radius 2 is 1.88 bits per heavy atom. The van der Waals surface area contributed by atoms with E-state index in [9.17, 15) is 13.2 Å². The second kappa shape index (κ2) is 8.66. The van der Waals surface area contributed by atoms with Crippen LogP contribution in [0.2, 0.25) is 0 Å². The molecule has 6 nitrogen and oxygen atoms in total. The SMILES string of the molecule is CC[C@@H](C)Nc1nc(NCCN2CCN(C)CC2)cc(C(F)(F)F)n1. The molecule has 1 aromatic heterocycles. The second-order valence-corrected chi connectivity index (χ2v) is 6.49.